The normalized spacial score (nSPS) is 11.9. The van der Waals surface area contributed by atoms with Gasteiger partial charge in [-0.2, -0.15) is 0 Å². The van der Waals surface area contributed by atoms with E-state index in [0.29, 0.717) is 17.9 Å². The molecule has 5 nitrogen and oxygen atoms in total. The number of nitrogen functional groups attached to an aromatic ring is 1. The summed E-state index contributed by atoms with van der Waals surface area (Å²) in [6, 6.07) is 9.36. The molecule has 2 aromatic rings. The van der Waals surface area contributed by atoms with Crippen LogP contribution in [-0.4, -0.2) is 16.9 Å². The van der Waals surface area contributed by atoms with E-state index < -0.39 is 5.91 Å². The van der Waals surface area contributed by atoms with Gasteiger partial charge in [0.05, 0.1) is 5.69 Å². The van der Waals surface area contributed by atoms with Crippen LogP contribution in [0.15, 0.2) is 36.4 Å². The first-order chi connectivity index (χ1) is 9.95. The number of benzene rings is 1. The number of primary amides is 1. The molecule has 6 heteroatoms. The van der Waals surface area contributed by atoms with Crippen LogP contribution in [-0.2, 0) is 6.42 Å². The molecule has 1 aromatic heterocycles. The number of amides is 1. The monoisotopic (exact) mass is 288 g/mol. The maximum absolute atomic E-state index is 12.9. The van der Waals surface area contributed by atoms with Crippen molar-refractivity contribution in [1.29, 1.82) is 0 Å². The predicted octanol–water partition coefficient (Wildman–Crippen LogP) is 1.94. The van der Waals surface area contributed by atoms with Gasteiger partial charge in [0.1, 0.15) is 17.3 Å². The van der Waals surface area contributed by atoms with Gasteiger partial charge in [0.15, 0.2) is 0 Å². The lowest BCUT2D eigenvalue weighted by Crippen LogP contribution is -2.21. The Hall–Kier alpha value is -2.63. The fourth-order valence-electron chi connectivity index (χ4n) is 1.98. The van der Waals surface area contributed by atoms with Gasteiger partial charge in [-0.3, -0.25) is 4.79 Å². The molecule has 1 amide bonds. The molecule has 0 saturated heterocycles. The second kappa shape index (κ2) is 6.21. The van der Waals surface area contributed by atoms with E-state index in [1.165, 1.54) is 18.2 Å². The van der Waals surface area contributed by atoms with Crippen molar-refractivity contribution >= 4 is 17.4 Å². The van der Waals surface area contributed by atoms with Gasteiger partial charge in [0.25, 0.3) is 5.91 Å². The molecule has 2 rings (SSSR count). The molecule has 0 fully saturated rings. The maximum Gasteiger partial charge on any atom is 0.267 e. The van der Waals surface area contributed by atoms with Gasteiger partial charge in [-0.25, -0.2) is 9.37 Å². The van der Waals surface area contributed by atoms with Crippen molar-refractivity contribution in [2.24, 2.45) is 5.73 Å². The van der Waals surface area contributed by atoms with Crippen molar-refractivity contribution in [1.82, 2.24) is 4.98 Å². The highest BCUT2D eigenvalue weighted by molar-refractivity contribution is 5.91. The standard InChI is InChI=1S/C15H17FN4O/c1-9(8-10-2-4-11(16)5-3-10)19-15-12(17)6-7-13(20-15)14(18)21/h2-7,9H,8,17H2,1H3,(H2,18,21)(H,19,20). The average molecular weight is 288 g/mol. The fourth-order valence-corrected chi connectivity index (χ4v) is 1.98. The quantitative estimate of drug-likeness (QED) is 0.783. The number of nitrogens with two attached hydrogens (primary N) is 2. The molecule has 0 saturated carbocycles. The topological polar surface area (TPSA) is 94.0 Å². The molecule has 5 N–H and O–H groups in total. The Bertz CT molecular complexity index is 643. The highest BCUT2D eigenvalue weighted by Gasteiger charge is 2.10. The smallest absolute Gasteiger partial charge is 0.267 e. The van der Waals surface area contributed by atoms with E-state index in [0.717, 1.165) is 5.56 Å². The predicted molar refractivity (Wildman–Crippen MR) is 80.4 cm³/mol. The lowest BCUT2D eigenvalue weighted by atomic mass is 10.1. The minimum Gasteiger partial charge on any atom is -0.396 e. The van der Waals surface area contributed by atoms with Crippen LogP contribution in [0.3, 0.4) is 0 Å². The molecule has 1 heterocycles. The molecule has 110 valence electrons. The molecular formula is C15H17FN4O. The summed E-state index contributed by atoms with van der Waals surface area (Å²) in [6.07, 6.45) is 0.669. The Labute approximate surface area is 122 Å². The number of hydrogen-bond donors (Lipinski definition) is 3. The summed E-state index contributed by atoms with van der Waals surface area (Å²) in [5.41, 5.74) is 12.6. The molecule has 0 aliphatic rings. The summed E-state index contributed by atoms with van der Waals surface area (Å²) in [5.74, 6) is -0.454. The van der Waals surface area contributed by atoms with E-state index in [1.54, 1.807) is 18.2 Å². The third kappa shape index (κ3) is 3.92. The third-order valence-corrected chi connectivity index (χ3v) is 3.02. The second-order valence-corrected chi connectivity index (χ2v) is 4.87. The Morgan fingerprint density at radius 2 is 1.95 bits per heavy atom. The minimum atomic E-state index is -0.607. The molecule has 1 atom stereocenters. The lowest BCUT2D eigenvalue weighted by molar-refractivity contribution is 0.0995. The van der Waals surface area contributed by atoms with E-state index >= 15 is 0 Å². The van der Waals surface area contributed by atoms with Crippen LogP contribution >= 0.6 is 0 Å². The Balaban J connectivity index is 2.08. The van der Waals surface area contributed by atoms with Gasteiger partial charge in [0.2, 0.25) is 0 Å². The largest absolute Gasteiger partial charge is 0.396 e. The Morgan fingerprint density at radius 3 is 2.57 bits per heavy atom. The van der Waals surface area contributed by atoms with Gasteiger partial charge in [-0.1, -0.05) is 12.1 Å². The van der Waals surface area contributed by atoms with Gasteiger partial charge >= 0.3 is 0 Å². The van der Waals surface area contributed by atoms with E-state index in [9.17, 15) is 9.18 Å². The number of hydrogen-bond acceptors (Lipinski definition) is 4. The highest BCUT2D eigenvalue weighted by atomic mass is 19.1. The Morgan fingerprint density at radius 1 is 1.29 bits per heavy atom. The number of anilines is 2. The van der Waals surface area contributed by atoms with Crippen LogP contribution in [0.5, 0.6) is 0 Å². The molecule has 0 radical (unpaired) electrons. The van der Waals surface area contributed by atoms with Crippen LogP contribution in [0.1, 0.15) is 23.0 Å². The zero-order valence-electron chi connectivity index (χ0n) is 11.6. The van der Waals surface area contributed by atoms with E-state index in [-0.39, 0.29) is 17.6 Å². The summed E-state index contributed by atoms with van der Waals surface area (Å²) >= 11 is 0. The molecule has 0 spiro atoms. The first kappa shape index (κ1) is 14.8. The lowest BCUT2D eigenvalue weighted by Gasteiger charge is -2.16. The number of carbonyl (C=O) groups is 1. The van der Waals surface area contributed by atoms with E-state index in [1.807, 2.05) is 6.92 Å². The van der Waals surface area contributed by atoms with Gasteiger partial charge in [0, 0.05) is 6.04 Å². The number of pyridine rings is 1. The molecule has 1 unspecified atom stereocenters. The number of nitrogens with one attached hydrogen (secondary N) is 1. The van der Waals surface area contributed by atoms with Crippen LogP contribution in [0.25, 0.3) is 0 Å². The summed E-state index contributed by atoms with van der Waals surface area (Å²) in [4.78, 5) is 15.2. The first-order valence-electron chi connectivity index (χ1n) is 6.53. The maximum atomic E-state index is 12.9. The fraction of sp³-hybridized carbons (Fsp3) is 0.200. The second-order valence-electron chi connectivity index (χ2n) is 4.87. The summed E-state index contributed by atoms with van der Waals surface area (Å²) in [5, 5.41) is 3.13. The molecule has 1 aromatic carbocycles. The van der Waals surface area contributed by atoms with Gasteiger partial charge < -0.3 is 16.8 Å². The number of nitrogens with zero attached hydrogens (tertiary/aromatic N) is 1. The number of carbonyl (C=O) groups excluding carboxylic acids is 1. The molecular weight excluding hydrogens is 271 g/mol. The molecule has 0 aliphatic carbocycles. The van der Waals surface area contributed by atoms with Crippen LogP contribution in [0, 0.1) is 5.82 Å². The first-order valence-corrected chi connectivity index (χ1v) is 6.53. The van der Waals surface area contributed by atoms with Gasteiger partial charge in [-0.05, 0) is 43.2 Å². The highest BCUT2D eigenvalue weighted by Crippen LogP contribution is 2.18. The van der Waals surface area contributed by atoms with Crippen molar-refractivity contribution in [2.45, 2.75) is 19.4 Å². The molecule has 0 bridgehead atoms. The van der Waals surface area contributed by atoms with Crippen LogP contribution in [0.4, 0.5) is 15.9 Å². The number of halogens is 1. The summed E-state index contributed by atoms with van der Waals surface area (Å²) in [7, 11) is 0. The van der Waals surface area contributed by atoms with Crippen molar-refractivity contribution in [2.75, 3.05) is 11.1 Å². The van der Waals surface area contributed by atoms with Crippen molar-refractivity contribution < 1.29 is 9.18 Å². The van der Waals surface area contributed by atoms with E-state index in [4.69, 9.17) is 11.5 Å². The molecule has 0 aliphatic heterocycles. The molecule has 21 heavy (non-hydrogen) atoms. The number of aromatic nitrogens is 1. The minimum absolute atomic E-state index is 0.00777. The summed E-state index contributed by atoms with van der Waals surface area (Å²) < 4.78 is 12.9. The van der Waals surface area contributed by atoms with Crippen molar-refractivity contribution in [3.05, 3.63) is 53.5 Å². The van der Waals surface area contributed by atoms with Crippen molar-refractivity contribution in [3.63, 3.8) is 0 Å². The summed E-state index contributed by atoms with van der Waals surface area (Å²) in [6.45, 7) is 1.95. The zero-order valence-corrected chi connectivity index (χ0v) is 11.6. The SMILES string of the molecule is CC(Cc1ccc(F)cc1)Nc1nc(C(N)=O)ccc1N. The van der Waals surface area contributed by atoms with E-state index in [2.05, 4.69) is 10.3 Å². The Kier molecular flexibility index (Phi) is 4.37. The van der Waals surface area contributed by atoms with Gasteiger partial charge in [-0.15, -0.1) is 0 Å². The van der Waals surface area contributed by atoms with Crippen LogP contribution in [0.2, 0.25) is 0 Å². The average Bonchev–Trinajstić information content (AvgIpc) is 2.43. The van der Waals surface area contributed by atoms with Crippen LogP contribution < -0.4 is 16.8 Å². The third-order valence-electron chi connectivity index (χ3n) is 3.02. The number of rotatable bonds is 5. The van der Waals surface area contributed by atoms with Crippen molar-refractivity contribution in [3.8, 4) is 0 Å². The zero-order chi connectivity index (χ0) is 15.4.